The van der Waals surface area contributed by atoms with Crippen molar-refractivity contribution in [2.24, 2.45) is 0 Å². The van der Waals surface area contributed by atoms with Crippen molar-refractivity contribution < 1.29 is 40.5 Å². The first-order valence-corrected chi connectivity index (χ1v) is 7.09. The molecule has 9 atom stereocenters. The van der Waals surface area contributed by atoms with Gasteiger partial charge in [-0.05, 0) is 12.5 Å². The van der Waals surface area contributed by atoms with Crippen LogP contribution in [0.5, 0.6) is 0 Å². The lowest BCUT2D eigenvalue weighted by atomic mass is 9.86. The van der Waals surface area contributed by atoms with Crippen LogP contribution in [0.15, 0.2) is 11.6 Å². The SMILES string of the molecule is CC1O[C@H](O)C(O)C(O)[C@@H]1N[C@H]1C=C(CO)[C@@H](O)[C@H](O)[C@H]1O. The monoisotopic (exact) mass is 321 g/mol. The summed E-state index contributed by atoms with van der Waals surface area (Å²) in [5.74, 6) is 0. The third-order valence-corrected chi connectivity index (χ3v) is 4.25. The Kier molecular flexibility index (Phi) is 5.54. The number of nitrogens with one attached hydrogen (secondary N) is 1. The standard InChI is InChI=1S/C13H23NO8/c1-4-7(10(18)12(20)13(21)22-4)14-6-2-5(3-15)8(16)11(19)9(6)17/h2,4,6-21H,3H2,1H3/t4?,6-,7+,8+,9-,10?,11-,12?,13-/m0/s1. The van der Waals surface area contributed by atoms with Crippen LogP contribution in [0.3, 0.4) is 0 Å². The molecule has 2 aliphatic rings. The Labute approximate surface area is 127 Å². The Morgan fingerprint density at radius 2 is 1.64 bits per heavy atom. The fourth-order valence-corrected chi connectivity index (χ4v) is 2.84. The van der Waals surface area contributed by atoms with E-state index in [1.165, 1.54) is 6.08 Å². The molecule has 128 valence electrons. The molecular formula is C13H23NO8. The number of ether oxygens (including phenoxy) is 1. The van der Waals surface area contributed by atoms with Crippen LogP contribution in [-0.4, -0.2) is 97.4 Å². The van der Waals surface area contributed by atoms with Crippen LogP contribution >= 0.6 is 0 Å². The van der Waals surface area contributed by atoms with Crippen molar-refractivity contribution in [3.05, 3.63) is 11.6 Å². The molecule has 0 bridgehead atoms. The zero-order valence-electron chi connectivity index (χ0n) is 12.0. The van der Waals surface area contributed by atoms with Gasteiger partial charge in [0.25, 0.3) is 0 Å². The average molecular weight is 321 g/mol. The zero-order chi connectivity index (χ0) is 16.6. The van der Waals surface area contributed by atoms with Crippen molar-refractivity contribution in [3.63, 3.8) is 0 Å². The number of hydrogen-bond donors (Lipinski definition) is 8. The second-order valence-corrected chi connectivity index (χ2v) is 5.76. The molecule has 0 saturated carbocycles. The van der Waals surface area contributed by atoms with Crippen molar-refractivity contribution >= 4 is 0 Å². The predicted molar refractivity (Wildman–Crippen MR) is 72.5 cm³/mol. The van der Waals surface area contributed by atoms with E-state index in [0.29, 0.717) is 0 Å². The Bertz CT molecular complexity index is 419. The van der Waals surface area contributed by atoms with Crippen molar-refractivity contribution in [2.45, 2.75) is 61.9 Å². The lowest BCUT2D eigenvalue weighted by Crippen LogP contribution is -2.66. The van der Waals surface area contributed by atoms with E-state index in [0.717, 1.165) is 0 Å². The molecule has 0 amide bonds. The van der Waals surface area contributed by atoms with Gasteiger partial charge in [-0.15, -0.1) is 0 Å². The molecule has 0 aromatic rings. The molecule has 3 unspecified atom stereocenters. The van der Waals surface area contributed by atoms with Gasteiger partial charge in [-0.1, -0.05) is 6.08 Å². The van der Waals surface area contributed by atoms with Crippen LogP contribution in [-0.2, 0) is 4.74 Å². The highest BCUT2D eigenvalue weighted by Gasteiger charge is 2.45. The van der Waals surface area contributed by atoms with Gasteiger partial charge in [-0.3, -0.25) is 0 Å². The quantitative estimate of drug-likeness (QED) is 0.241. The van der Waals surface area contributed by atoms with Crippen molar-refractivity contribution in [2.75, 3.05) is 6.61 Å². The molecule has 1 aliphatic heterocycles. The molecule has 8 N–H and O–H groups in total. The first-order chi connectivity index (χ1) is 10.3. The molecule has 22 heavy (non-hydrogen) atoms. The van der Waals surface area contributed by atoms with Crippen LogP contribution in [0.25, 0.3) is 0 Å². The molecule has 0 aromatic heterocycles. The van der Waals surface area contributed by atoms with E-state index in [4.69, 9.17) is 4.74 Å². The molecule has 0 radical (unpaired) electrons. The summed E-state index contributed by atoms with van der Waals surface area (Å²) in [4.78, 5) is 0. The van der Waals surface area contributed by atoms with E-state index in [1.807, 2.05) is 0 Å². The molecule has 0 spiro atoms. The fourth-order valence-electron chi connectivity index (χ4n) is 2.84. The van der Waals surface area contributed by atoms with Gasteiger partial charge in [-0.25, -0.2) is 0 Å². The highest BCUT2D eigenvalue weighted by Crippen LogP contribution is 2.24. The lowest BCUT2D eigenvalue weighted by molar-refractivity contribution is -0.254. The van der Waals surface area contributed by atoms with Gasteiger partial charge >= 0.3 is 0 Å². The summed E-state index contributed by atoms with van der Waals surface area (Å²) in [5, 5.41) is 70.6. The molecule has 9 heteroatoms. The van der Waals surface area contributed by atoms with E-state index < -0.39 is 61.6 Å². The van der Waals surface area contributed by atoms with Gasteiger partial charge < -0.3 is 45.8 Å². The molecule has 1 aliphatic carbocycles. The van der Waals surface area contributed by atoms with Gasteiger partial charge in [0, 0.05) is 0 Å². The summed E-state index contributed by atoms with van der Waals surface area (Å²) in [6, 6.07) is -1.72. The third-order valence-electron chi connectivity index (χ3n) is 4.25. The second-order valence-electron chi connectivity index (χ2n) is 5.76. The maximum atomic E-state index is 10.0. The van der Waals surface area contributed by atoms with Crippen LogP contribution < -0.4 is 5.32 Å². The van der Waals surface area contributed by atoms with Crippen LogP contribution in [0, 0.1) is 0 Å². The van der Waals surface area contributed by atoms with E-state index in [9.17, 15) is 35.7 Å². The van der Waals surface area contributed by atoms with Crippen molar-refractivity contribution in [1.29, 1.82) is 0 Å². The molecule has 2 rings (SSSR count). The van der Waals surface area contributed by atoms with Crippen molar-refractivity contribution in [1.82, 2.24) is 5.32 Å². The Morgan fingerprint density at radius 3 is 2.23 bits per heavy atom. The Balaban J connectivity index is 2.16. The summed E-state index contributed by atoms with van der Waals surface area (Å²) in [5.41, 5.74) is 0.134. The van der Waals surface area contributed by atoms with E-state index in [1.54, 1.807) is 6.92 Å². The highest BCUT2D eigenvalue weighted by molar-refractivity contribution is 5.22. The number of aliphatic hydroxyl groups excluding tert-OH is 7. The van der Waals surface area contributed by atoms with Gasteiger partial charge in [-0.2, -0.15) is 0 Å². The lowest BCUT2D eigenvalue weighted by Gasteiger charge is -2.43. The summed E-state index contributed by atoms with van der Waals surface area (Å²) >= 11 is 0. The summed E-state index contributed by atoms with van der Waals surface area (Å²) in [7, 11) is 0. The minimum absolute atomic E-state index is 0.134. The van der Waals surface area contributed by atoms with Crippen LogP contribution in [0.1, 0.15) is 6.92 Å². The molecule has 9 nitrogen and oxygen atoms in total. The first-order valence-electron chi connectivity index (χ1n) is 7.09. The second kappa shape index (κ2) is 6.87. The molecule has 1 heterocycles. The molecular weight excluding hydrogens is 298 g/mol. The molecule has 1 saturated heterocycles. The van der Waals surface area contributed by atoms with E-state index >= 15 is 0 Å². The first kappa shape index (κ1) is 17.7. The minimum Gasteiger partial charge on any atom is -0.392 e. The topological polar surface area (TPSA) is 163 Å². The van der Waals surface area contributed by atoms with Gasteiger partial charge in [0.2, 0.25) is 0 Å². The average Bonchev–Trinajstić information content (AvgIpc) is 2.49. The summed E-state index contributed by atoms with van der Waals surface area (Å²) in [6.07, 6.45) is -7.99. The van der Waals surface area contributed by atoms with Gasteiger partial charge in [0.05, 0.1) is 24.8 Å². The van der Waals surface area contributed by atoms with Crippen LogP contribution in [0.4, 0.5) is 0 Å². The fraction of sp³-hybridized carbons (Fsp3) is 0.846. The Hall–Kier alpha value is -0.620. The summed E-state index contributed by atoms with van der Waals surface area (Å²) < 4.78 is 5.08. The number of aliphatic hydroxyl groups is 7. The Morgan fingerprint density at radius 1 is 1.00 bits per heavy atom. The van der Waals surface area contributed by atoms with E-state index in [2.05, 4.69) is 5.32 Å². The minimum atomic E-state index is -1.52. The smallest absolute Gasteiger partial charge is 0.183 e. The third kappa shape index (κ3) is 3.18. The number of rotatable bonds is 3. The van der Waals surface area contributed by atoms with Crippen molar-refractivity contribution in [3.8, 4) is 0 Å². The van der Waals surface area contributed by atoms with Gasteiger partial charge in [0.15, 0.2) is 6.29 Å². The van der Waals surface area contributed by atoms with E-state index in [-0.39, 0.29) is 5.57 Å². The predicted octanol–water partition coefficient (Wildman–Crippen LogP) is -4.21. The van der Waals surface area contributed by atoms with Crippen LogP contribution in [0.2, 0.25) is 0 Å². The highest BCUT2D eigenvalue weighted by atomic mass is 16.6. The maximum absolute atomic E-state index is 10.0. The normalized spacial score (nSPS) is 49.8. The summed E-state index contributed by atoms with van der Waals surface area (Å²) in [6.45, 7) is 1.07. The molecule has 0 aromatic carbocycles. The number of hydrogen-bond acceptors (Lipinski definition) is 9. The molecule has 1 fully saturated rings. The largest absolute Gasteiger partial charge is 0.392 e. The van der Waals surface area contributed by atoms with Gasteiger partial charge in [0.1, 0.15) is 30.5 Å². The zero-order valence-corrected chi connectivity index (χ0v) is 12.0. The maximum Gasteiger partial charge on any atom is 0.183 e.